The van der Waals surface area contributed by atoms with Crippen LogP contribution < -0.4 is 10.1 Å². The molecule has 8 heteroatoms. The quantitative estimate of drug-likeness (QED) is 0.524. The Morgan fingerprint density at radius 2 is 1.84 bits per heavy atom. The summed E-state index contributed by atoms with van der Waals surface area (Å²) >= 11 is 1.05. The van der Waals surface area contributed by atoms with Gasteiger partial charge in [-0.1, -0.05) is 30.8 Å². The Labute approximate surface area is 189 Å². The molecule has 31 heavy (non-hydrogen) atoms. The van der Waals surface area contributed by atoms with Gasteiger partial charge in [-0.05, 0) is 57.4 Å². The van der Waals surface area contributed by atoms with E-state index in [9.17, 15) is 9.59 Å². The Morgan fingerprint density at radius 1 is 1.10 bits per heavy atom. The number of hydrogen-bond donors (Lipinski definition) is 1. The van der Waals surface area contributed by atoms with Crippen LogP contribution in [-0.2, 0) is 20.7 Å². The summed E-state index contributed by atoms with van der Waals surface area (Å²) < 4.78 is 18.1. The molecule has 0 bridgehead atoms. The van der Waals surface area contributed by atoms with E-state index in [1.165, 1.54) is 0 Å². The molecule has 2 heterocycles. The predicted octanol–water partition coefficient (Wildman–Crippen LogP) is 3.25. The summed E-state index contributed by atoms with van der Waals surface area (Å²) in [6.45, 7) is 10.2. The van der Waals surface area contributed by atoms with Crippen molar-refractivity contribution in [2.45, 2.75) is 63.5 Å². The third kappa shape index (κ3) is 6.44. The highest BCUT2D eigenvalue weighted by Gasteiger charge is 2.42. The van der Waals surface area contributed by atoms with Gasteiger partial charge in [-0.15, -0.1) is 0 Å². The summed E-state index contributed by atoms with van der Waals surface area (Å²) in [6.07, 6.45) is 2.68. The first-order valence-corrected chi connectivity index (χ1v) is 12.1. The smallest absolute Gasteiger partial charge is 0.286 e. The maximum Gasteiger partial charge on any atom is 0.286 e. The molecule has 4 atom stereocenters. The van der Waals surface area contributed by atoms with Gasteiger partial charge in [0.25, 0.3) is 5.24 Å². The number of thioether (sulfide) groups is 1. The minimum Gasteiger partial charge on any atom is -0.494 e. The van der Waals surface area contributed by atoms with Crippen LogP contribution in [0.1, 0.15) is 39.2 Å². The molecule has 7 nitrogen and oxygen atoms in total. The van der Waals surface area contributed by atoms with Crippen LogP contribution >= 0.6 is 11.8 Å². The van der Waals surface area contributed by atoms with Crippen molar-refractivity contribution in [1.29, 1.82) is 0 Å². The molecule has 2 amide bonds. The number of carbonyl (C=O) groups is 2. The van der Waals surface area contributed by atoms with Gasteiger partial charge >= 0.3 is 0 Å². The van der Waals surface area contributed by atoms with Crippen molar-refractivity contribution >= 4 is 22.9 Å². The highest BCUT2D eigenvalue weighted by Crippen LogP contribution is 2.27. The molecular formula is C23H34N2O5S. The van der Waals surface area contributed by atoms with Crippen molar-refractivity contribution in [3.63, 3.8) is 0 Å². The maximum atomic E-state index is 11.7. The lowest BCUT2D eigenvalue weighted by molar-refractivity contribution is -0.118. The number of benzene rings is 1. The number of ether oxygens (including phenoxy) is 3. The second-order valence-corrected chi connectivity index (χ2v) is 9.02. The van der Waals surface area contributed by atoms with E-state index >= 15 is 0 Å². The number of likely N-dealkylation sites (tertiary alicyclic amines) is 1. The minimum atomic E-state index is -0.347. The zero-order valence-corrected chi connectivity index (χ0v) is 19.5. The van der Waals surface area contributed by atoms with Crippen molar-refractivity contribution in [2.75, 3.05) is 32.9 Å². The Morgan fingerprint density at radius 3 is 2.45 bits per heavy atom. The molecule has 0 spiro atoms. The first-order valence-electron chi connectivity index (χ1n) is 11.3. The van der Waals surface area contributed by atoms with Gasteiger partial charge in [0.05, 0.1) is 18.0 Å². The zero-order chi connectivity index (χ0) is 22.2. The van der Waals surface area contributed by atoms with E-state index in [2.05, 4.69) is 17.1 Å². The normalized spacial score (nSPS) is 26.4. The van der Waals surface area contributed by atoms with E-state index in [1.807, 2.05) is 38.1 Å². The SMILES string of the molecule is CCCN1C[C@@H](OCC)[C@@H](OCC)[C@@H]1CCOc1ccc(CC2SC(=O)NC2=O)cc1. The third-order valence-corrected chi connectivity index (χ3v) is 6.66. The van der Waals surface area contributed by atoms with Crippen molar-refractivity contribution < 1.29 is 23.8 Å². The molecule has 2 aliphatic rings. The summed E-state index contributed by atoms with van der Waals surface area (Å²) in [5.74, 6) is 0.593. The van der Waals surface area contributed by atoms with Gasteiger partial charge in [-0.2, -0.15) is 0 Å². The summed E-state index contributed by atoms with van der Waals surface area (Å²) in [5.41, 5.74) is 1.01. The van der Waals surface area contributed by atoms with E-state index in [4.69, 9.17) is 14.2 Å². The Hall–Kier alpha value is -1.61. The largest absolute Gasteiger partial charge is 0.494 e. The number of rotatable bonds is 12. The molecule has 0 radical (unpaired) electrons. The van der Waals surface area contributed by atoms with Crippen molar-refractivity contribution in [3.05, 3.63) is 29.8 Å². The number of nitrogens with zero attached hydrogens (tertiary/aromatic N) is 1. The van der Waals surface area contributed by atoms with Crippen LogP contribution in [0, 0.1) is 0 Å². The number of nitrogens with one attached hydrogen (secondary N) is 1. The van der Waals surface area contributed by atoms with Crippen LogP contribution in [0.4, 0.5) is 4.79 Å². The molecule has 1 aromatic rings. The van der Waals surface area contributed by atoms with Gasteiger partial charge in [-0.3, -0.25) is 19.8 Å². The number of imide groups is 1. The van der Waals surface area contributed by atoms with Gasteiger partial charge in [0, 0.05) is 25.8 Å². The molecule has 2 aliphatic heterocycles. The number of amides is 2. The molecule has 2 saturated heterocycles. The average molecular weight is 451 g/mol. The van der Waals surface area contributed by atoms with Crippen molar-refractivity contribution in [1.82, 2.24) is 10.2 Å². The summed E-state index contributed by atoms with van der Waals surface area (Å²) in [6, 6.07) is 8.05. The Kier molecular flexibility index (Phi) is 9.19. The topological polar surface area (TPSA) is 77.1 Å². The van der Waals surface area contributed by atoms with E-state index in [-0.39, 0.29) is 34.6 Å². The van der Waals surface area contributed by atoms with E-state index in [1.54, 1.807) is 0 Å². The molecule has 1 N–H and O–H groups in total. The molecule has 3 rings (SSSR count). The zero-order valence-electron chi connectivity index (χ0n) is 18.7. The van der Waals surface area contributed by atoms with Gasteiger partial charge in [-0.25, -0.2) is 0 Å². The van der Waals surface area contributed by atoms with Crippen LogP contribution in [0.15, 0.2) is 24.3 Å². The highest BCUT2D eigenvalue weighted by atomic mass is 32.2. The Bertz CT molecular complexity index is 729. The molecule has 0 aliphatic carbocycles. The van der Waals surface area contributed by atoms with E-state index in [0.29, 0.717) is 26.2 Å². The van der Waals surface area contributed by atoms with Crippen LogP contribution in [0.2, 0.25) is 0 Å². The Balaban J connectivity index is 1.52. The summed E-state index contributed by atoms with van der Waals surface area (Å²) in [7, 11) is 0. The first kappa shape index (κ1) is 24.0. The summed E-state index contributed by atoms with van der Waals surface area (Å²) in [4.78, 5) is 25.5. The van der Waals surface area contributed by atoms with Crippen molar-refractivity contribution in [3.8, 4) is 5.75 Å². The summed E-state index contributed by atoms with van der Waals surface area (Å²) in [5, 5.41) is 1.71. The van der Waals surface area contributed by atoms with E-state index < -0.39 is 0 Å². The van der Waals surface area contributed by atoms with Crippen LogP contribution in [-0.4, -0.2) is 72.5 Å². The molecule has 1 unspecified atom stereocenters. The minimum absolute atomic E-state index is 0.0697. The molecular weight excluding hydrogens is 416 g/mol. The first-order chi connectivity index (χ1) is 15.0. The third-order valence-electron chi connectivity index (χ3n) is 5.67. The second-order valence-electron chi connectivity index (χ2n) is 7.84. The number of hydrogen-bond acceptors (Lipinski definition) is 7. The number of carbonyl (C=O) groups excluding carboxylic acids is 2. The second kappa shape index (κ2) is 11.9. The predicted molar refractivity (Wildman–Crippen MR) is 122 cm³/mol. The monoisotopic (exact) mass is 450 g/mol. The fourth-order valence-corrected chi connectivity index (χ4v) is 5.21. The van der Waals surface area contributed by atoms with Crippen LogP contribution in [0.5, 0.6) is 5.75 Å². The van der Waals surface area contributed by atoms with Crippen LogP contribution in [0.3, 0.4) is 0 Å². The maximum absolute atomic E-state index is 11.7. The standard InChI is InChI=1S/C23H34N2O5S/c1-4-12-25-15-19(28-5-2)21(29-6-3)18(25)11-13-30-17-9-7-16(8-10-17)14-20-22(26)24-23(27)31-20/h7-10,18-21H,4-6,11-15H2,1-3H3,(H,24,26,27)/t18-,19+,20?,21-/m0/s1. The molecule has 2 fully saturated rings. The van der Waals surface area contributed by atoms with Gasteiger partial charge in [0.15, 0.2) is 0 Å². The average Bonchev–Trinajstić information content (AvgIpc) is 3.23. The molecule has 0 saturated carbocycles. The van der Waals surface area contributed by atoms with E-state index in [0.717, 1.165) is 49.0 Å². The van der Waals surface area contributed by atoms with Gasteiger partial charge in [0.2, 0.25) is 5.91 Å². The molecule has 0 aromatic heterocycles. The lowest BCUT2D eigenvalue weighted by Crippen LogP contribution is -2.39. The lowest BCUT2D eigenvalue weighted by Gasteiger charge is -2.28. The fourth-order valence-electron chi connectivity index (χ4n) is 4.35. The molecule has 1 aromatic carbocycles. The van der Waals surface area contributed by atoms with Crippen LogP contribution in [0.25, 0.3) is 0 Å². The molecule has 172 valence electrons. The van der Waals surface area contributed by atoms with Gasteiger partial charge < -0.3 is 14.2 Å². The fraction of sp³-hybridized carbons (Fsp3) is 0.652. The lowest BCUT2D eigenvalue weighted by atomic mass is 10.1. The highest BCUT2D eigenvalue weighted by molar-refractivity contribution is 8.15. The van der Waals surface area contributed by atoms with Crippen molar-refractivity contribution in [2.24, 2.45) is 0 Å². The van der Waals surface area contributed by atoms with Gasteiger partial charge in [0.1, 0.15) is 11.9 Å².